The van der Waals surface area contributed by atoms with Crippen LogP contribution < -0.4 is 4.90 Å². The number of anilines is 2. The summed E-state index contributed by atoms with van der Waals surface area (Å²) in [6, 6.07) is 39.5. The lowest BCUT2D eigenvalue weighted by atomic mass is 9.92. The molecule has 5 aromatic carbocycles. The van der Waals surface area contributed by atoms with Crippen molar-refractivity contribution in [1.29, 1.82) is 0 Å². The minimum Gasteiger partial charge on any atom is -0.345 e. The summed E-state index contributed by atoms with van der Waals surface area (Å²) in [5.41, 5.74) is 14.3. The maximum atomic E-state index is 5.29. The zero-order valence-corrected chi connectivity index (χ0v) is 32.1. The van der Waals surface area contributed by atoms with Crippen molar-refractivity contribution in [2.75, 3.05) is 11.9 Å². The highest BCUT2D eigenvalue weighted by Crippen LogP contribution is 2.39. The third kappa shape index (κ3) is 6.34. The second-order valence-electron chi connectivity index (χ2n) is 15.2. The smallest absolute Gasteiger partial charge is 0.145 e. The van der Waals surface area contributed by atoms with Crippen molar-refractivity contribution >= 4 is 22.4 Å². The summed E-state index contributed by atoms with van der Waals surface area (Å²) >= 11 is 0. The van der Waals surface area contributed by atoms with Gasteiger partial charge in [-0.1, -0.05) is 128 Å². The summed E-state index contributed by atoms with van der Waals surface area (Å²) in [6.07, 6.45) is 4.03. The molecule has 0 aliphatic heterocycles. The lowest BCUT2D eigenvalue weighted by molar-refractivity contribution is 0.806. The molecule has 5 nitrogen and oxygen atoms in total. The first-order chi connectivity index (χ1) is 25.0. The van der Waals surface area contributed by atoms with E-state index < -0.39 is 0 Å². The maximum Gasteiger partial charge on any atom is 0.145 e. The Bertz CT molecular complexity index is 2300. The summed E-state index contributed by atoms with van der Waals surface area (Å²) < 4.78 is 4.69. The zero-order chi connectivity index (χ0) is 36.7. The van der Waals surface area contributed by atoms with Gasteiger partial charge in [0.05, 0.1) is 22.4 Å². The van der Waals surface area contributed by atoms with Gasteiger partial charge in [-0.05, 0) is 82.3 Å². The Labute approximate surface area is 309 Å². The molecule has 5 heteroatoms. The van der Waals surface area contributed by atoms with Crippen LogP contribution in [0.4, 0.5) is 11.4 Å². The van der Waals surface area contributed by atoms with Crippen molar-refractivity contribution in [3.8, 4) is 34.2 Å². The Morgan fingerprint density at radius 1 is 0.519 bits per heavy atom. The van der Waals surface area contributed by atoms with Gasteiger partial charge in [-0.25, -0.2) is 9.97 Å². The van der Waals surface area contributed by atoms with Crippen molar-refractivity contribution in [2.45, 2.75) is 79.1 Å². The fourth-order valence-electron chi connectivity index (χ4n) is 7.56. The number of benzene rings is 5. The molecule has 0 saturated carbocycles. The topological polar surface area (TPSA) is 38.9 Å². The molecule has 0 amide bonds. The van der Waals surface area contributed by atoms with Crippen LogP contribution in [0.15, 0.2) is 122 Å². The summed E-state index contributed by atoms with van der Waals surface area (Å²) in [6.45, 7) is 18.2. The summed E-state index contributed by atoms with van der Waals surface area (Å²) in [4.78, 5) is 12.5. The van der Waals surface area contributed by atoms with Gasteiger partial charge in [0.25, 0.3) is 0 Å². The van der Waals surface area contributed by atoms with Crippen LogP contribution in [0, 0.1) is 0 Å². The zero-order valence-electron chi connectivity index (χ0n) is 32.1. The van der Waals surface area contributed by atoms with Crippen molar-refractivity contribution < 1.29 is 0 Å². The lowest BCUT2D eigenvalue weighted by Crippen LogP contribution is -2.11. The molecule has 0 atom stereocenters. The molecule has 0 radical (unpaired) electrons. The molecule has 0 saturated heterocycles. The highest BCUT2D eigenvalue weighted by Gasteiger charge is 2.23. The number of hydrogen-bond acceptors (Lipinski definition) is 3. The minimum absolute atomic E-state index is 0.360. The fraction of sp³-hybridized carbons (Fsp3) is 0.277. The number of rotatable bonds is 10. The van der Waals surface area contributed by atoms with E-state index in [0.29, 0.717) is 23.7 Å². The second-order valence-corrected chi connectivity index (χ2v) is 15.2. The summed E-state index contributed by atoms with van der Waals surface area (Å²) in [7, 11) is 2.14. The maximum absolute atomic E-state index is 5.29. The van der Waals surface area contributed by atoms with Gasteiger partial charge in [-0.15, -0.1) is 0 Å². The van der Waals surface area contributed by atoms with Crippen molar-refractivity contribution in [1.82, 2.24) is 19.1 Å². The predicted molar refractivity (Wildman–Crippen MR) is 220 cm³/mol. The van der Waals surface area contributed by atoms with Gasteiger partial charge in [0, 0.05) is 41.9 Å². The molecule has 0 N–H and O–H groups in total. The highest BCUT2D eigenvalue weighted by atomic mass is 15.1. The molecule has 52 heavy (non-hydrogen) atoms. The number of aromatic nitrogens is 4. The molecule has 264 valence electrons. The van der Waals surface area contributed by atoms with Crippen LogP contribution in [0.2, 0.25) is 0 Å². The van der Waals surface area contributed by atoms with Crippen LogP contribution >= 0.6 is 0 Å². The first-order valence-electron chi connectivity index (χ1n) is 18.8. The van der Waals surface area contributed by atoms with E-state index in [4.69, 9.17) is 9.97 Å². The van der Waals surface area contributed by atoms with Gasteiger partial charge in [0.1, 0.15) is 11.6 Å². The largest absolute Gasteiger partial charge is 0.345 e. The average Bonchev–Trinajstić information content (AvgIpc) is 3.79. The molecule has 2 aromatic heterocycles. The minimum atomic E-state index is 0.360. The third-order valence-electron chi connectivity index (χ3n) is 10.3. The molecule has 0 aliphatic carbocycles. The molecule has 0 fully saturated rings. The molecule has 7 aromatic rings. The Balaban J connectivity index is 1.32. The fourth-order valence-corrected chi connectivity index (χ4v) is 7.56. The molecule has 2 heterocycles. The summed E-state index contributed by atoms with van der Waals surface area (Å²) in [5, 5.41) is 0. The van der Waals surface area contributed by atoms with Gasteiger partial charge in [-0.3, -0.25) is 9.13 Å². The molecule has 0 spiro atoms. The summed E-state index contributed by atoms with van der Waals surface area (Å²) in [5.74, 6) is 3.39. The molecular formula is C47H51N5. The van der Waals surface area contributed by atoms with Crippen molar-refractivity contribution in [2.24, 2.45) is 0 Å². The SMILES string of the molecule is CC(C)c1cccc(C(C)C)c1-n1ccnc1-c1cccc(N(C)c2cccc(-c3nc4ccccc4n3-c3c(C(C)C)cccc3C(C)C)c2)c1. The lowest BCUT2D eigenvalue weighted by Gasteiger charge is -2.24. The Hall–Kier alpha value is -5.42. The average molecular weight is 686 g/mol. The first kappa shape index (κ1) is 35.0. The van der Waals surface area contributed by atoms with Gasteiger partial charge < -0.3 is 4.90 Å². The second kappa shape index (κ2) is 14.3. The Kier molecular flexibility index (Phi) is 9.63. The van der Waals surface area contributed by atoms with Crippen molar-refractivity contribution in [3.05, 3.63) is 144 Å². The predicted octanol–water partition coefficient (Wildman–Crippen LogP) is 12.8. The monoisotopic (exact) mass is 685 g/mol. The Morgan fingerprint density at radius 3 is 1.54 bits per heavy atom. The van der Waals surface area contributed by atoms with E-state index in [0.717, 1.165) is 45.2 Å². The van der Waals surface area contributed by atoms with E-state index in [9.17, 15) is 0 Å². The number of nitrogens with zero attached hydrogens (tertiary/aromatic N) is 5. The number of para-hydroxylation sites is 4. The normalized spacial score (nSPS) is 11.9. The molecular weight excluding hydrogens is 635 g/mol. The first-order valence-corrected chi connectivity index (χ1v) is 18.8. The quantitative estimate of drug-likeness (QED) is 0.144. The molecule has 0 unspecified atom stereocenters. The standard InChI is InChI=1S/C47H51N5/c1-30(2)38-20-14-21-39(31(3)4)44(38)51-27-26-48-46(51)34-16-12-18-36(28-34)50(9)37-19-13-17-35(29-37)47-49-42-24-10-11-25-43(42)52(47)45-40(32(5)6)22-15-23-41(45)33(7)8/h10-33H,1-9H3. The van der Waals surface area contributed by atoms with Gasteiger partial charge >= 0.3 is 0 Å². The van der Waals surface area contributed by atoms with Crippen LogP contribution in [-0.4, -0.2) is 26.1 Å². The number of fused-ring (bicyclic) bond motifs is 1. The third-order valence-corrected chi connectivity index (χ3v) is 10.3. The van der Waals surface area contributed by atoms with E-state index in [-0.39, 0.29) is 0 Å². The van der Waals surface area contributed by atoms with Gasteiger partial charge in [-0.2, -0.15) is 0 Å². The van der Waals surface area contributed by atoms with Gasteiger partial charge in [0.15, 0.2) is 0 Å². The van der Waals surface area contributed by atoms with E-state index in [1.807, 2.05) is 6.20 Å². The van der Waals surface area contributed by atoms with E-state index in [1.54, 1.807) is 0 Å². The van der Waals surface area contributed by atoms with Crippen LogP contribution in [-0.2, 0) is 0 Å². The van der Waals surface area contributed by atoms with E-state index >= 15 is 0 Å². The number of hydrogen-bond donors (Lipinski definition) is 0. The number of imidazole rings is 2. The van der Waals surface area contributed by atoms with Crippen LogP contribution in [0.5, 0.6) is 0 Å². The van der Waals surface area contributed by atoms with Crippen LogP contribution in [0.25, 0.3) is 45.2 Å². The molecule has 7 rings (SSSR count). The van der Waals surface area contributed by atoms with Gasteiger partial charge in [0.2, 0.25) is 0 Å². The Morgan fingerprint density at radius 2 is 1.00 bits per heavy atom. The highest BCUT2D eigenvalue weighted by molar-refractivity contribution is 5.85. The van der Waals surface area contributed by atoms with E-state index in [2.05, 4.69) is 192 Å². The molecule has 0 bridgehead atoms. The van der Waals surface area contributed by atoms with Crippen LogP contribution in [0.1, 0.15) is 101 Å². The van der Waals surface area contributed by atoms with E-state index in [1.165, 1.54) is 33.6 Å². The van der Waals surface area contributed by atoms with Crippen LogP contribution in [0.3, 0.4) is 0 Å². The van der Waals surface area contributed by atoms with Crippen molar-refractivity contribution in [3.63, 3.8) is 0 Å². The molecule has 0 aliphatic rings.